The second-order valence-electron chi connectivity index (χ2n) is 13.2. The highest BCUT2D eigenvalue weighted by atomic mass is 19.1. The van der Waals surface area contributed by atoms with E-state index >= 15 is 0 Å². The topological polar surface area (TPSA) is 128 Å². The Morgan fingerprint density at radius 2 is 2.07 bits per heavy atom. The van der Waals surface area contributed by atoms with Gasteiger partial charge in [-0.3, -0.25) is 4.90 Å². The number of nitriles is 1. The molecule has 0 bridgehead atoms. The SMILES string of the molecule is CC1CCC2(Cc3nc(OCC45CCCN4CC(F)C5)cc(N4CCC4(CO)CO)c3CO2)c2c1ccc(N)c2C#N. The van der Waals surface area contributed by atoms with Crippen molar-refractivity contribution >= 4 is 11.4 Å². The number of hydrogen-bond acceptors (Lipinski definition) is 9. The Bertz CT molecular complexity index is 1440. The van der Waals surface area contributed by atoms with Crippen LogP contribution in [-0.4, -0.2) is 76.8 Å². The minimum Gasteiger partial charge on any atom is -0.476 e. The summed E-state index contributed by atoms with van der Waals surface area (Å²) in [7, 11) is 0. The van der Waals surface area contributed by atoms with Crippen molar-refractivity contribution in [2.75, 3.05) is 50.1 Å². The average molecular weight is 578 g/mol. The third kappa shape index (κ3) is 4.04. The van der Waals surface area contributed by atoms with Gasteiger partial charge in [0.1, 0.15) is 24.4 Å². The van der Waals surface area contributed by atoms with Crippen molar-refractivity contribution in [1.82, 2.24) is 9.88 Å². The van der Waals surface area contributed by atoms with Gasteiger partial charge in [-0.1, -0.05) is 13.0 Å². The summed E-state index contributed by atoms with van der Waals surface area (Å²) in [4.78, 5) is 9.32. The summed E-state index contributed by atoms with van der Waals surface area (Å²) in [5, 5.41) is 30.7. The molecule has 5 aliphatic rings. The van der Waals surface area contributed by atoms with Gasteiger partial charge in [0.05, 0.1) is 47.8 Å². The molecule has 224 valence electrons. The Balaban J connectivity index is 1.30. The first kappa shape index (κ1) is 27.8. The maximum atomic E-state index is 14.5. The number of aliphatic hydroxyl groups is 2. The van der Waals surface area contributed by atoms with Crippen LogP contribution < -0.4 is 15.4 Å². The van der Waals surface area contributed by atoms with Crippen LogP contribution in [0.4, 0.5) is 15.8 Å². The molecule has 2 aromatic rings. The van der Waals surface area contributed by atoms with Crippen LogP contribution in [0.2, 0.25) is 0 Å². The summed E-state index contributed by atoms with van der Waals surface area (Å²) in [5.74, 6) is 0.732. The molecule has 3 saturated heterocycles. The number of hydrogen-bond donors (Lipinski definition) is 3. The van der Waals surface area contributed by atoms with E-state index in [1.54, 1.807) is 0 Å². The number of nitrogens with two attached hydrogens (primary N) is 1. The van der Waals surface area contributed by atoms with Crippen molar-refractivity contribution in [3.63, 3.8) is 0 Å². The van der Waals surface area contributed by atoms with E-state index in [1.807, 2.05) is 23.1 Å². The minimum absolute atomic E-state index is 0.173. The molecule has 3 fully saturated rings. The van der Waals surface area contributed by atoms with Crippen molar-refractivity contribution in [3.8, 4) is 11.9 Å². The summed E-state index contributed by atoms with van der Waals surface area (Å²) < 4.78 is 27.7. The third-order valence-electron chi connectivity index (χ3n) is 11.0. The second kappa shape index (κ2) is 10.1. The molecule has 4 N–H and O–H groups in total. The monoisotopic (exact) mass is 577 g/mol. The highest BCUT2D eigenvalue weighted by Gasteiger charge is 2.51. The number of benzene rings is 1. The van der Waals surface area contributed by atoms with Crippen LogP contribution in [0.25, 0.3) is 0 Å². The summed E-state index contributed by atoms with van der Waals surface area (Å²) in [6, 6.07) is 8.09. The zero-order chi connectivity index (χ0) is 29.3. The molecule has 0 saturated carbocycles. The molecule has 1 spiro atoms. The lowest BCUT2D eigenvalue weighted by molar-refractivity contribution is -0.0873. The first-order valence-electron chi connectivity index (χ1n) is 15.3. The van der Waals surface area contributed by atoms with E-state index in [2.05, 4.69) is 17.9 Å². The Labute approximate surface area is 246 Å². The highest BCUT2D eigenvalue weighted by Crippen LogP contribution is 2.52. The molecule has 42 heavy (non-hydrogen) atoms. The maximum Gasteiger partial charge on any atom is 0.215 e. The molecular formula is C32H40FN5O4. The molecule has 5 heterocycles. The molecule has 4 unspecified atom stereocenters. The molecule has 0 amide bonds. The van der Waals surface area contributed by atoms with E-state index in [4.69, 9.17) is 20.2 Å². The third-order valence-corrected chi connectivity index (χ3v) is 11.0. The molecule has 4 atom stereocenters. The molecular weight excluding hydrogens is 537 g/mol. The number of aromatic nitrogens is 1. The molecule has 1 aromatic heterocycles. The van der Waals surface area contributed by atoms with Gasteiger partial charge in [-0.2, -0.15) is 5.26 Å². The van der Waals surface area contributed by atoms with E-state index in [9.17, 15) is 19.9 Å². The molecule has 1 aromatic carbocycles. The van der Waals surface area contributed by atoms with Crippen LogP contribution in [0.3, 0.4) is 0 Å². The molecule has 9 nitrogen and oxygen atoms in total. The highest BCUT2D eigenvalue weighted by molar-refractivity contribution is 5.65. The minimum atomic E-state index is -0.843. The lowest BCUT2D eigenvalue weighted by atomic mass is 9.69. The summed E-state index contributed by atoms with van der Waals surface area (Å²) >= 11 is 0. The Morgan fingerprint density at radius 3 is 2.81 bits per heavy atom. The van der Waals surface area contributed by atoms with Crippen molar-refractivity contribution < 1.29 is 24.1 Å². The van der Waals surface area contributed by atoms with E-state index < -0.39 is 17.3 Å². The van der Waals surface area contributed by atoms with Crippen LogP contribution in [0.15, 0.2) is 18.2 Å². The van der Waals surface area contributed by atoms with E-state index in [0.29, 0.717) is 56.1 Å². The van der Waals surface area contributed by atoms with Gasteiger partial charge in [-0.15, -0.1) is 0 Å². The van der Waals surface area contributed by atoms with Gasteiger partial charge in [-0.25, -0.2) is 9.37 Å². The number of rotatable bonds is 6. The molecule has 10 heteroatoms. The largest absolute Gasteiger partial charge is 0.476 e. The average Bonchev–Trinajstić information content (AvgIpc) is 3.50. The van der Waals surface area contributed by atoms with Crippen LogP contribution in [-0.2, 0) is 23.4 Å². The van der Waals surface area contributed by atoms with Gasteiger partial charge >= 0.3 is 0 Å². The fraction of sp³-hybridized carbons (Fsp3) is 0.625. The number of alkyl halides is 1. The molecule has 1 aliphatic carbocycles. The summed E-state index contributed by atoms with van der Waals surface area (Å²) in [6.45, 7) is 4.48. The van der Waals surface area contributed by atoms with Crippen molar-refractivity contribution in [3.05, 3.63) is 46.1 Å². The van der Waals surface area contributed by atoms with E-state index in [0.717, 1.165) is 60.3 Å². The first-order chi connectivity index (χ1) is 20.3. The van der Waals surface area contributed by atoms with Crippen molar-refractivity contribution in [2.24, 2.45) is 0 Å². The van der Waals surface area contributed by atoms with Crippen molar-refractivity contribution in [1.29, 1.82) is 5.26 Å². The molecule has 7 rings (SSSR count). The normalized spacial score (nSPS) is 31.3. The predicted molar refractivity (Wildman–Crippen MR) is 155 cm³/mol. The number of halogens is 1. The fourth-order valence-corrected chi connectivity index (χ4v) is 8.39. The second-order valence-corrected chi connectivity index (χ2v) is 13.2. The van der Waals surface area contributed by atoms with Crippen LogP contribution >= 0.6 is 0 Å². The Morgan fingerprint density at radius 1 is 1.24 bits per heavy atom. The number of anilines is 2. The summed E-state index contributed by atoms with van der Waals surface area (Å²) in [5.41, 5.74) is 9.95. The number of ether oxygens (including phenoxy) is 2. The standard InChI is InChI=1S/C32H40FN5O4/c1-20-5-7-32(29-22(20)3-4-25(35)23(29)14-34)13-26-24(16-42-32)27(38-10-8-31(38,17-39)18-40)11-28(36-26)41-19-30-6-2-9-37(30)15-21(33)12-30/h3-4,11,20-21,39-40H,2,5-10,12-13,15-19,35H2,1H3. The number of pyridine rings is 1. The van der Waals surface area contributed by atoms with Crippen LogP contribution in [0.1, 0.15) is 79.3 Å². The van der Waals surface area contributed by atoms with Gasteiger partial charge in [0.2, 0.25) is 5.88 Å². The predicted octanol–water partition coefficient (Wildman–Crippen LogP) is 3.29. The fourth-order valence-electron chi connectivity index (χ4n) is 8.39. The zero-order valence-electron chi connectivity index (χ0n) is 24.2. The lowest BCUT2D eigenvalue weighted by Gasteiger charge is -2.53. The number of aliphatic hydroxyl groups excluding tert-OH is 2. The van der Waals surface area contributed by atoms with Crippen LogP contribution in [0, 0.1) is 11.3 Å². The lowest BCUT2D eigenvalue weighted by Crippen LogP contribution is -2.65. The molecule has 4 aliphatic heterocycles. The molecule has 0 radical (unpaired) electrons. The summed E-state index contributed by atoms with van der Waals surface area (Å²) in [6.07, 6.45) is 4.33. The smallest absolute Gasteiger partial charge is 0.215 e. The van der Waals surface area contributed by atoms with E-state index in [1.165, 1.54) is 0 Å². The quantitative estimate of drug-likeness (QED) is 0.443. The van der Waals surface area contributed by atoms with Gasteiger partial charge < -0.3 is 30.3 Å². The zero-order valence-corrected chi connectivity index (χ0v) is 24.2. The maximum absolute atomic E-state index is 14.5. The Hall–Kier alpha value is -2.97. The number of fused-ring (bicyclic) bond motifs is 4. The van der Waals surface area contributed by atoms with Gasteiger partial charge in [0, 0.05) is 48.8 Å². The van der Waals surface area contributed by atoms with Gasteiger partial charge in [0.25, 0.3) is 0 Å². The van der Waals surface area contributed by atoms with Crippen LogP contribution in [0.5, 0.6) is 5.88 Å². The Kier molecular flexibility index (Phi) is 6.66. The van der Waals surface area contributed by atoms with Gasteiger partial charge in [0.15, 0.2) is 0 Å². The van der Waals surface area contributed by atoms with Crippen molar-refractivity contribution in [2.45, 2.75) is 87.2 Å². The number of nitrogen functional groups attached to an aromatic ring is 1. The van der Waals surface area contributed by atoms with E-state index in [-0.39, 0.29) is 31.3 Å². The first-order valence-corrected chi connectivity index (χ1v) is 15.3. The number of nitrogens with zero attached hydrogens (tertiary/aromatic N) is 4. The van der Waals surface area contributed by atoms with Gasteiger partial charge in [-0.05, 0) is 56.2 Å².